The summed E-state index contributed by atoms with van der Waals surface area (Å²) in [5.41, 5.74) is 6.27. The maximum atomic E-state index is 12.4. The quantitative estimate of drug-likeness (QED) is 0.749. The SMILES string of the molecule is NC(=O)[C@H]1CCCN1C(=O)c1nc(CC(=O)NCc2ccccc2)no1. The Morgan fingerprint density at radius 1 is 1.27 bits per heavy atom. The van der Waals surface area contributed by atoms with Crippen LogP contribution in [0.25, 0.3) is 0 Å². The number of hydrogen-bond donors (Lipinski definition) is 2. The fraction of sp³-hybridized carbons (Fsp3) is 0.353. The number of rotatable bonds is 6. The summed E-state index contributed by atoms with van der Waals surface area (Å²) in [5, 5.41) is 6.41. The Balaban J connectivity index is 1.56. The number of nitrogens with two attached hydrogens (primary N) is 1. The molecule has 0 bridgehead atoms. The molecule has 9 heteroatoms. The average molecular weight is 357 g/mol. The van der Waals surface area contributed by atoms with Gasteiger partial charge in [-0.05, 0) is 18.4 Å². The average Bonchev–Trinajstić information content (AvgIpc) is 3.30. The number of benzene rings is 1. The van der Waals surface area contributed by atoms with E-state index in [-0.39, 0.29) is 24.0 Å². The van der Waals surface area contributed by atoms with E-state index in [2.05, 4.69) is 15.5 Å². The van der Waals surface area contributed by atoms with Crippen LogP contribution < -0.4 is 11.1 Å². The van der Waals surface area contributed by atoms with Gasteiger partial charge in [0.2, 0.25) is 11.8 Å². The van der Waals surface area contributed by atoms with Gasteiger partial charge < -0.3 is 20.5 Å². The van der Waals surface area contributed by atoms with Crippen molar-refractivity contribution in [3.63, 3.8) is 0 Å². The summed E-state index contributed by atoms with van der Waals surface area (Å²) in [6, 6.07) is 8.80. The number of carbonyl (C=O) groups excluding carboxylic acids is 3. The van der Waals surface area contributed by atoms with E-state index >= 15 is 0 Å². The lowest BCUT2D eigenvalue weighted by molar-refractivity contribution is -0.122. The molecule has 1 saturated heterocycles. The molecular weight excluding hydrogens is 338 g/mol. The first-order chi connectivity index (χ1) is 12.5. The summed E-state index contributed by atoms with van der Waals surface area (Å²) in [6.45, 7) is 0.791. The molecule has 3 N–H and O–H groups in total. The Morgan fingerprint density at radius 3 is 2.77 bits per heavy atom. The number of nitrogens with zero attached hydrogens (tertiary/aromatic N) is 3. The number of hydrogen-bond acceptors (Lipinski definition) is 6. The largest absolute Gasteiger partial charge is 0.368 e. The summed E-state index contributed by atoms with van der Waals surface area (Å²) < 4.78 is 4.95. The molecule has 0 unspecified atom stereocenters. The first-order valence-corrected chi connectivity index (χ1v) is 8.28. The van der Waals surface area contributed by atoms with Crippen LogP contribution in [0.4, 0.5) is 0 Å². The molecule has 1 atom stereocenters. The van der Waals surface area contributed by atoms with Crippen LogP contribution in [0, 0.1) is 0 Å². The van der Waals surface area contributed by atoms with Crippen LogP contribution in [-0.2, 0) is 22.6 Å². The van der Waals surface area contributed by atoms with Gasteiger partial charge in [0, 0.05) is 13.1 Å². The highest BCUT2D eigenvalue weighted by molar-refractivity contribution is 5.94. The molecular formula is C17H19N5O4. The zero-order chi connectivity index (χ0) is 18.5. The van der Waals surface area contributed by atoms with Crippen LogP contribution in [-0.4, -0.2) is 45.3 Å². The third-order valence-electron chi connectivity index (χ3n) is 4.14. The molecule has 0 spiro atoms. The van der Waals surface area contributed by atoms with Crippen LogP contribution in [0.15, 0.2) is 34.9 Å². The highest BCUT2D eigenvalue weighted by Gasteiger charge is 2.35. The van der Waals surface area contributed by atoms with Crippen LogP contribution in [0.5, 0.6) is 0 Å². The van der Waals surface area contributed by atoms with Crippen molar-refractivity contribution in [1.82, 2.24) is 20.4 Å². The van der Waals surface area contributed by atoms with Crippen LogP contribution in [0.3, 0.4) is 0 Å². The molecule has 1 aliphatic heterocycles. The summed E-state index contributed by atoms with van der Waals surface area (Å²) in [6.07, 6.45) is 1.09. The van der Waals surface area contributed by atoms with Crippen molar-refractivity contribution in [3.8, 4) is 0 Å². The van der Waals surface area contributed by atoms with Gasteiger partial charge in [-0.15, -0.1) is 0 Å². The zero-order valence-corrected chi connectivity index (χ0v) is 14.1. The first kappa shape index (κ1) is 17.6. The summed E-state index contributed by atoms with van der Waals surface area (Å²) in [5.74, 6) is -1.53. The summed E-state index contributed by atoms with van der Waals surface area (Å²) >= 11 is 0. The molecule has 26 heavy (non-hydrogen) atoms. The molecule has 3 amide bonds. The van der Waals surface area contributed by atoms with Gasteiger partial charge in [-0.3, -0.25) is 14.4 Å². The molecule has 3 rings (SSSR count). The highest BCUT2D eigenvalue weighted by Crippen LogP contribution is 2.19. The van der Waals surface area contributed by atoms with Gasteiger partial charge in [-0.2, -0.15) is 4.98 Å². The number of nitrogens with one attached hydrogen (secondary N) is 1. The lowest BCUT2D eigenvalue weighted by Crippen LogP contribution is -2.43. The molecule has 2 heterocycles. The Bertz CT molecular complexity index is 804. The van der Waals surface area contributed by atoms with Gasteiger partial charge in [0.05, 0.1) is 6.42 Å². The van der Waals surface area contributed by atoms with Crippen molar-refractivity contribution in [2.45, 2.75) is 31.8 Å². The van der Waals surface area contributed by atoms with Gasteiger partial charge >= 0.3 is 11.8 Å². The summed E-state index contributed by atoms with van der Waals surface area (Å²) in [7, 11) is 0. The van der Waals surface area contributed by atoms with E-state index in [1.165, 1.54) is 4.90 Å². The Kier molecular flexibility index (Phi) is 5.26. The van der Waals surface area contributed by atoms with Crippen molar-refractivity contribution in [2.24, 2.45) is 5.73 Å². The Hall–Kier alpha value is -3.23. The number of carbonyl (C=O) groups is 3. The van der Waals surface area contributed by atoms with Gasteiger partial charge in [-0.1, -0.05) is 35.5 Å². The predicted octanol–water partition coefficient (Wildman–Crippen LogP) is 0.0184. The standard InChI is InChI=1S/C17H19N5O4/c18-15(24)12-7-4-8-22(12)17(25)16-20-13(21-26-16)9-14(23)19-10-11-5-2-1-3-6-11/h1-3,5-6,12H,4,7-10H2,(H2,18,24)(H,19,23)/t12-/m1/s1. The molecule has 0 radical (unpaired) electrons. The molecule has 1 aromatic carbocycles. The lowest BCUT2D eigenvalue weighted by atomic mass is 10.2. The van der Waals surface area contributed by atoms with E-state index in [0.717, 1.165) is 5.56 Å². The molecule has 1 fully saturated rings. The van der Waals surface area contributed by atoms with Crippen molar-refractivity contribution in [1.29, 1.82) is 0 Å². The minimum atomic E-state index is -0.660. The molecule has 1 aromatic heterocycles. The van der Waals surface area contributed by atoms with Crippen LogP contribution in [0.2, 0.25) is 0 Å². The third-order valence-corrected chi connectivity index (χ3v) is 4.14. The fourth-order valence-electron chi connectivity index (χ4n) is 2.84. The van der Waals surface area contributed by atoms with Gasteiger partial charge in [0.1, 0.15) is 6.04 Å². The van der Waals surface area contributed by atoms with Crippen molar-refractivity contribution < 1.29 is 18.9 Å². The monoisotopic (exact) mass is 357 g/mol. The Morgan fingerprint density at radius 2 is 2.04 bits per heavy atom. The Labute approximate surface area is 149 Å². The van der Waals surface area contributed by atoms with E-state index < -0.39 is 17.9 Å². The maximum Gasteiger partial charge on any atom is 0.316 e. The number of amides is 3. The van der Waals surface area contributed by atoms with Gasteiger partial charge in [0.15, 0.2) is 5.82 Å². The van der Waals surface area contributed by atoms with Crippen LogP contribution in [0.1, 0.15) is 34.9 Å². The van der Waals surface area contributed by atoms with Crippen molar-refractivity contribution in [3.05, 3.63) is 47.6 Å². The van der Waals surface area contributed by atoms with Gasteiger partial charge in [0.25, 0.3) is 0 Å². The molecule has 136 valence electrons. The minimum Gasteiger partial charge on any atom is -0.368 e. The second-order valence-corrected chi connectivity index (χ2v) is 6.01. The normalized spacial score (nSPS) is 16.5. The van der Waals surface area contributed by atoms with E-state index in [4.69, 9.17) is 10.3 Å². The van der Waals surface area contributed by atoms with E-state index in [1.54, 1.807) is 0 Å². The second kappa shape index (κ2) is 7.77. The molecule has 0 aliphatic carbocycles. The van der Waals surface area contributed by atoms with Crippen molar-refractivity contribution in [2.75, 3.05) is 6.54 Å². The van der Waals surface area contributed by atoms with E-state index in [9.17, 15) is 14.4 Å². The van der Waals surface area contributed by atoms with Gasteiger partial charge in [-0.25, -0.2) is 0 Å². The zero-order valence-electron chi connectivity index (χ0n) is 14.1. The lowest BCUT2D eigenvalue weighted by Gasteiger charge is -2.19. The third kappa shape index (κ3) is 4.05. The second-order valence-electron chi connectivity index (χ2n) is 6.01. The van der Waals surface area contributed by atoms with E-state index in [1.807, 2.05) is 30.3 Å². The highest BCUT2D eigenvalue weighted by atomic mass is 16.5. The predicted molar refractivity (Wildman–Crippen MR) is 89.5 cm³/mol. The minimum absolute atomic E-state index is 0.105. The molecule has 1 aliphatic rings. The molecule has 2 aromatic rings. The number of likely N-dealkylation sites (tertiary alicyclic amines) is 1. The van der Waals surface area contributed by atoms with Crippen LogP contribution >= 0.6 is 0 Å². The number of aromatic nitrogens is 2. The fourth-order valence-corrected chi connectivity index (χ4v) is 2.84. The number of primary amides is 1. The molecule has 0 saturated carbocycles. The van der Waals surface area contributed by atoms with Crippen molar-refractivity contribution >= 4 is 17.7 Å². The summed E-state index contributed by atoms with van der Waals surface area (Å²) in [4.78, 5) is 41.1. The smallest absolute Gasteiger partial charge is 0.316 e. The maximum absolute atomic E-state index is 12.4. The molecule has 9 nitrogen and oxygen atoms in total. The topological polar surface area (TPSA) is 131 Å². The first-order valence-electron chi connectivity index (χ1n) is 8.28. The van der Waals surface area contributed by atoms with E-state index in [0.29, 0.717) is 25.9 Å².